The van der Waals surface area contributed by atoms with Crippen molar-refractivity contribution in [3.05, 3.63) is 109 Å². The van der Waals surface area contributed by atoms with Crippen molar-refractivity contribution in [2.45, 2.75) is 49.5 Å². The van der Waals surface area contributed by atoms with Crippen molar-refractivity contribution >= 4 is 46.7 Å². The quantitative estimate of drug-likeness (QED) is 0.0758. The second-order valence-corrected chi connectivity index (χ2v) is 17.6. The summed E-state index contributed by atoms with van der Waals surface area (Å²) >= 11 is 4.20. The lowest BCUT2D eigenvalue weighted by Gasteiger charge is -2.32. The largest absolute Gasteiger partial charge is 1.00 e. The molecule has 3 aromatic rings. The highest BCUT2D eigenvalue weighted by molar-refractivity contribution is 8.19. The third kappa shape index (κ3) is 10.2. The Labute approximate surface area is 291 Å². The first kappa shape index (κ1) is 37.3. The monoisotopic (exact) mass is 726 g/mol. The normalized spacial score (nSPS) is 14.9. The Balaban J connectivity index is 0.00000552. The van der Waals surface area contributed by atoms with E-state index in [0.29, 0.717) is 0 Å². The van der Waals surface area contributed by atoms with E-state index in [0.717, 1.165) is 29.8 Å². The molecule has 0 N–H and O–H groups in total. The fourth-order valence-corrected chi connectivity index (χ4v) is 12.6. The Morgan fingerprint density at radius 3 is 1.73 bits per heavy atom. The highest BCUT2D eigenvalue weighted by Gasteiger charge is 2.45. The minimum atomic E-state index is -2.18. The lowest BCUT2D eigenvalue weighted by atomic mass is 10.2. The molecule has 1 aliphatic rings. The summed E-state index contributed by atoms with van der Waals surface area (Å²) in [6.07, 6.45) is 22.4. The highest BCUT2D eigenvalue weighted by atomic mass is 79.9. The van der Waals surface area contributed by atoms with Crippen LogP contribution in [0.2, 0.25) is 0 Å². The molecule has 242 valence electrons. The number of hydrogen-bond acceptors (Lipinski definition) is 5. The van der Waals surface area contributed by atoms with Gasteiger partial charge in [-0.3, -0.25) is 0 Å². The maximum Gasteiger partial charge on any atom is 0.122 e. The molecule has 0 aromatic heterocycles. The van der Waals surface area contributed by atoms with Gasteiger partial charge in [0.25, 0.3) is 0 Å². The molecule has 0 aliphatic carbocycles. The number of halogens is 1. The van der Waals surface area contributed by atoms with E-state index in [1.807, 2.05) is 18.2 Å². The average Bonchev–Trinajstić information content (AvgIpc) is 3.08. The SMILES string of the molecule is CCCCC/C=C\CC1(/C=C/C=C/C[P+](c2cccc(OC)c2)(c2cccc(OC)c2)c2cccc(OC)c2)SCCCS1.[Br-]. The fourth-order valence-electron chi connectivity index (χ4n) is 5.56. The molecular weight excluding hydrogens is 679 g/mol. The molecule has 0 spiro atoms. The number of allylic oxidation sites excluding steroid dienone is 5. The first-order valence-electron chi connectivity index (χ1n) is 15.7. The van der Waals surface area contributed by atoms with Crippen LogP contribution in [0.15, 0.2) is 109 Å². The van der Waals surface area contributed by atoms with Crippen molar-refractivity contribution in [3.63, 3.8) is 0 Å². The molecule has 3 aromatic carbocycles. The number of ether oxygens (including phenoxy) is 3. The van der Waals surface area contributed by atoms with Gasteiger partial charge in [0.15, 0.2) is 0 Å². The molecule has 0 unspecified atom stereocenters. The van der Waals surface area contributed by atoms with Crippen molar-refractivity contribution in [2.75, 3.05) is 39.0 Å². The summed E-state index contributed by atoms with van der Waals surface area (Å²) < 4.78 is 17.3. The van der Waals surface area contributed by atoms with Crippen LogP contribution in [0.1, 0.15) is 45.4 Å². The molecule has 3 nitrogen and oxygen atoms in total. The zero-order chi connectivity index (χ0) is 31.1. The molecule has 0 amide bonds. The Morgan fingerprint density at radius 1 is 0.711 bits per heavy atom. The molecule has 1 saturated heterocycles. The van der Waals surface area contributed by atoms with E-state index in [1.165, 1.54) is 59.5 Å². The standard InChI is InChI=1S/C38H48O3PS2.BrH/c1-5-6-7-8-9-11-24-38(43-27-17-28-44-38)25-12-10-13-26-42(35-21-14-18-32(29-35)39-2,36-22-15-19-33(30-36)40-3)37-23-16-20-34(31-37)41-4;/h9-16,18-23,25,29-31H,5-8,17,24,26-28H2,1-4H3;1H/q+1;/p-1/b11-9-,13-10+,25-12+;. The van der Waals surface area contributed by atoms with Gasteiger partial charge in [0.2, 0.25) is 0 Å². The van der Waals surface area contributed by atoms with Crippen molar-refractivity contribution in [2.24, 2.45) is 0 Å². The molecule has 45 heavy (non-hydrogen) atoms. The minimum absolute atomic E-state index is 0. The van der Waals surface area contributed by atoms with Gasteiger partial charge in [-0.25, -0.2) is 0 Å². The van der Waals surface area contributed by atoms with Crippen molar-refractivity contribution in [1.82, 2.24) is 0 Å². The van der Waals surface area contributed by atoms with E-state index in [9.17, 15) is 0 Å². The summed E-state index contributed by atoms with van der Waals surface area (Å²) in [5.41, 5.74) is 0. The maximum atomic E-state index is 5.72. The summed E-state index contributed by atoms with van der Waals surface area (Å²) in [5.74, 6) is 5.02. The molecule has 1 heterocycles. The molecule has 0 bridgehead atoms. The first-order chi connectivity index (χ1) is 21.6. The average molecular weight is 728 g/mol. The van der Waals surface area contributed by atoms with E-state index in [-0.39, 0.29) is 21.1 Å². The topological polar surface area (TPSA) is 27.7 Å². The van der Waals surface area contributed by atoms with E-state index in [2.05, 4.69) is 122 Å². The predicted molar refractivity (Wildman–Crippen MR) is 198 cm³/mol. The van der Waals surface area contributed by atoms with Crippen molar-refractivity contribution < 1.29 is 31.2 Å². The van der Waals surface area contributed by atoms with Crippen LogP contribution in [0.5, 0.6) is 17.2 Å². The van der Waals surface area contributed by atoms with Gasteiger partial charge in [0.05, 0.1) is 31.6 Å². The van der Waals surface area contributed by atoms with Gasteiger partial charge in [-0.15, -0.1) is 23.5 Å². The van der Waals surface area contributed by atoms with E-state index in [4.69, 9.17) is 14.2 Å². The summed E-state index contributed by atoms with van der Waals surface area (Å²) in [6.45, 7) is 2.27. The molecule has 4 rings (SSSR count). The summed E-state index contributed by atoms with van der Waals surface area (Å²) in [4.78, 5) is 0. The second-order valence-electron chi connectivity index (χ2n) is 10.9. The Kier molecular flexibility index (Phi) is 16.2. The Morgan fingerprint density at radius 2 is 1.24 bits per heavy atom. The lowest BCUT2D eigenvalue weighted by Crippen LogP contribution is -3.00. The van der Waals surface area contributed by atoms with Gasteiger partial charge in [0, 0.05) is 18.2 Å². The van der Waals surface area contributed by atoms with E-state index < -0.39 is 7.26 Å². The van der Waals surface area contributed by atoms with Crippen LogP contribution in [0.3, 0.4) is 0 Å². The van der Waals surface area contributed by atoms with Gasteiger partial charge in [-0.2, -0.15) is 0 Å². The Bertz CT molecular complexity index is 1290. The number of benzene rings is 3. The highest BCUT2D eigenvalue weighted by Crippen LogP contribution is 2.56. The molecule has 7 heteroatoms. The summed E-state index contributed by atoms with van der Waals surface area (Å²) in [7, 11) is 3.03. The third-order valence-corrected chi connectivity index (χ3v) is 15.5. The minimum Gasteiger partial charge on any atom is -1.00 e. The number of rotatable bonds is 16. The first-order valence-corrected chi connectivity index (χ1v) is 19.6. The van der Waals surface area contributed by atoms with Gasteiger partial charge >= 0.3 is 0 Å². The van der Waals surface area contributed by atoms with Crippen LogP contribution in [0.4, 0.5) is 0 Å². The molecule has 0 saturated carbocycles. The van der Waals surface area contributed by atoms with E-state index >= 15 is 0 Å². The number of hydrogen-bond donors (Lipinski definition) is 0. The Hall–Kier alpha value is -2.11. The van der Waals surface area contributed by atoms with Crippen LogP contribution >= 0.6 is 30.8 Å². The predicted octanol–water partition coefficient (Wildman–Crippen LogP) is 6.22. The van der Waals surface area contributed by atoms with E-state index in [1.54, 1.807) is 21.3 Å². The number of unbranched alkanes of at least 4 members (excludes halogenated alkanes) is 3. The molecule has 1 fully saturated rings. The molecule has 0 atom stereocenters. The maximum absolute atomic E-state index is 5.72. The van der Waals surface area contributed by atoms with Crippen LogP contribution in [0.25, 0.3) is 0 Å². The number of methoxy groups -OCH3 is 3. The van der Waals surface area contributed by atoms with Gasteiger partial charge in [-0.1, -0.05) is 68.3 Å². The van der Waals surface area contributed by atoms with Crippen molar-refractivity contribution in [3.8, 4) is 17.2 Å². The van der Waals surface area contributed by atoms with Crippen LogP contribution in [-0.2, 0) is 0 Å². The van der Waals surface area contributed by atoms with Crippen LogP contribution in [-0.4, -0.2) is 43.1 Å². The summed E-state index contributed by atoms with van der Waals surface area (Å²) in [6, 6.07) is 25.7. The van der Waals surface area contributed by atoms with Gasteiger partial charge < -0.3 is 31.2 Å². The zero-order valence-corrected chi connectivity index (χ0v) is 31.2. The van der Waals surface area contributed by atoms with Gasteiger partial charge in [0.1, 0.15) is 40.4 Å². The zero-order valence-electron chi connectivity index (χ0n) is 27.1. The molecule has 0 radical (unpaired) electrons. The number of thioether (sulfide) groups is 2. The molecular formula is C38H48BrO3PS2. The third-order valence-electron chi connectivity index (χ3n) is 7.98. The smallest absolute Gasteiger partial charge is 0.122 e. The van der Waals surface area contributed by atoms with Crippen molar-refractivity contribution in [1.29, 1.82) is 0 Å². The second kappa shape index (κ2) is 19.5. The lowest BCUT2D eigenvalue weighted by molar-refractivity contribution is -0.00000965. The summed E-state index contributed by atoms with van der Waals surface area (Å²) in [5, 5.41) is 3.78. The van der Waals surface area contributed by atoms with Crippen LogP contribution < -0.4 is 47.1 Å². The van der Waals surface area contributed by atoms with Crippen LogP contribution in [0, 0.1) is 0 Å². The fraction of sp³-hybridized carbons (Fsp3) is 0.368. The van der Waals surface area contributed by atoms with Gasteiger partial charge in [-0.05, 0) is 79.7 Å². The molecule has 1 aliphatic heterocycles.